The van der Waals surface area contributed by atoms with Gasteiger partial charge in [-0.05, 0) is 50.3 Å². The van der Waals surface area contributed by atoms with Gasteiger partial charge in [0.2, 0.25) is 5.78 Å². The van der Waals surface area contributed by atoms with Gasteiger partial charge in [0.1, 0.15) is 12.1 Å². The predicted octanol–water partition coefficient (Wildman–Crippen LogP) is 3.83. The van der Waals surface area contributed by atoms with E-state index in [2.05, 4.69) is 10.1 Å². The van der Waals surface area contributed by atoms with Crippen LogP contribution in [0.4, 0.5) is 0 Å². The highest BCUT2D eigenvalue weighted by Gasteiger charge is 2.51. The number of pyridine rings is 1. The van der Waals surface area contributed by atoms with Crippen LogP contribution in [0.3, 0.4) is 0 Å². The number of carboxylic acid groups (broad SMARTS) is 1. The number of rotatable bonds is 3. The lowest BCUT2D eigenvalue weighted by atomic mass is 9.77. The van der Waals surface area contributed by atoms with Crippen molar-refractivity contribution in [3.05, 3.63) is 77.3 Å². The lowest BCUT2D eigenvalue weighted by Crippen LogP contribution is -2.39. The van der Waals surface area contributed by atoms with E-state index in [4.69, 9.17) is 9.84 Å². The number of hydrogen-bond donors (Lipinski definition) is 1. The molecule has 2 aliphatic rings. The van der Waals surface area contributed by atoms with Crippen molar-refractivity contribution in [1.82, 2.24) is 14.6 Å². The fourth-order valence-corrected chi connectivity index (χ4v) is 4.46. The number of Topliss-reactive ketones (excluding diaryl/α,β-unsaturated/α-hetero) is 1. The highest BCUT2D eigenvalue weighted by molar-refractivity contribution is 6.33. The number of carboxylic acids is 1. The molecule has 0 radical (unpaired) electrons. The summed E-state index contributed by atoms with van der Waals surface area (Å²) < 4.78 is 8.12. The normalized spacial score (nSPS) is 21.1. The largest absolute Gasteiger partial charge is 0.478 e. The standard InChI is InChI=1S/C24H21N3O4/c1-15-3-2-4-17(11-15)21-22(18-5-6-19-25-14-26-27(19)13-18)31-24(23(21)30)9-7-16(8-10-24)12-20(28)29/h2-6,11-14H,7-10H2,1H3,(H,28,29). The lowest BCUT2D eigenvalue weighted by molar-refractivity contribution is -0.131. The van der Waals surface area contributed by atoms with Crippen LogP contribution >= 0.6 is 0 Å². The number of carbonyl (C=O) groups is 2. The molecule has 156 valence electrons. The van der Waals surface area contributed by atoms with Crippen LogP contribution in [0.1, 0.15) is 42.4 Å². The Labute approximate surface area is 178 Å². The fraction of sp³-hybridized carbons (Fsp3) is 0.250. The number of aryl methyl sites for hydroxylation is 1. The van der Waals surface area contributed by atoms with Gasteiger partial charge in [-0.25, -0.2) is 14.3 Å². The summed E-state index contributed by atoms with van der Waals surface area (Å²) in [5, 5.41) is 13.3. The molecular formula is C24H21N3O4. The number of aliphatic carboxylic acids is 1. The van der Waals surface area contributed by atoms with E-state index < -0.39 is 11.6 Å². The monoisotopic (exact) mass is 415 g/mol. The minimum absolute atomic E-state index is 0.0406. The van der Waals surface area contributed by atoms with Crippen LogP contribution in [0, 0.1) is 6.92 Å². The minimum atomic E-state index is -0.971. The fourth-order valence-electron chi connectivity index (χ4n) is 4.46. The van der Waals surface area contributed by atoms with Crippen molar-refractivity contribution in [1.29, 1.82) is 0 Å². The smallest absolute Gasteiger partial charge is 0.328 e. The summed E-state index contributed by atoms with van der Waals surface area (Å²) in [6.45, 7) is 1.99. The summed E-state index contributed by atoms with van der Waals surface area (Å²) in [6.07, 6.45) is 6.50. The Balaban J connectivity index is 1.59. The molecule has 1 N–H and O–H groups in total. The Bertz CT molecular complexity index is 1270. The number of hydrogen-bond acceptors (Lipinski definition) is 5. The molecule has 5 rings (SSSR count). The first-order valence-electron chi connectivity index (χ1n) is 10.2. The summed E-state index contributed by atoms with van der Waals surface area (Å²) in [5.41, 5.74) is 3.77. The van der Waals surface area contributed by atoms with Gasteiger partial charge in [0.05, 0.1) is 5.57 Å². The Morgan fingerprint density at radius 3 is 2.74 bits per heavy atom. The Kier molecular flexibility index (Phi) is 4.46. The van der Waals surface area contributed by atoms with Crippen molar-refractivity contribution in [3.8, 4) is 0 Å². The van der Waals surface area contributed by atoms with Crippen LogP contribution in [-0.2, 0) is 14.3 Å². The Morgan fingerprint density at radius 1 is 1.19 bits per heavy atom. The molecule has 0 unspecified atom stereocenters. The molecule has 0 saturated heterocycles. The summed E-state index contributed by atoms with van der Waals surface area (Å²) >= 11 is 0. The zero-order chi connectivity index (χ0) is 21.6. The first-order chi connectivity index (χ1) is 14.9. The van der Waals surface area contributed by atoms with Crippen molar-refractivity contribution in [2.75, 3.05) is 0 Å². The Hall–Kier alpha value is -3.74. The van der Waals surface area contributed by atoms with E-state index in [0.29, 0.717) is 42.7 Å². The molecule has 7 heteroatoms. The van der Waals surface area contributed by atoms with Crippen LogP contribution in [0.2, 0.25) is 0 Å². The quantitative estimate of drug-likeness (QED) is 0.654. The Morgan fingerprint density at radius 2 is 2.00 bits per heavy atom. The number of nitrogens with zero attached hydrogens (tertiary/aromatic N) is 3. The van der Waals surface area contributed by atoms with Crippen LogP contribution < -0.4 is 0 Å². The van der Waals surface area contributed by atoms with E-state index >= 15 is 0 Å². The van der Waals surface area contributed by atoms with Gasteiger partial charge in [-0.2, -0.15) is 5.10 Å². The predicted molar refractivity (Wildman–Crippen MR) is 114 cm³/mol. The van der Waals surface area contributed by atoms with Crippen molar-refractivity contribution >= 4 is 28.7 Å². The summed E-state index contributed by atoms with van der Waals surface area (Å²) in [5.74, 6) is -0.454. The number of ketones is 1. The molecule has 1 aromatic carbocycles. The maximum atomic E-state index is 13.8. The molecule has 0 atom stereocenters. The highest BCUT2D eigenvalue weighted by Crippen LogP contribution is 2.48. The van der Waals surface area contributed by atoms with Gasteiger partial charge in [0, 0.05) is 17.8 Å². The average molecular weight is 415 g/mol. The first-order valence-corrected chi connectivity index (χ1v) is 10.2. The molecule has 1 fully saturated rings. The number of allylic oxidation sites excluding steroid dienone is 1. The van der Waals surface area contributed by atoms with Gasteiger partial charge in [-0.15, -0.1) is 0 Å². The van der Waals surface area contributed by atoms with Crippen molar-refractivity contribution < 1.29 is 19.4 Å². The van der Waals surface area contributed by atoms with Gasteiger partial charge in [-0.3, -0.25) is 4.79 Å². The van der Waals surface area contributed by atoms with E-state index in [0.717, 1.165) is 22.3 Å². The van der Waals surface area contributed by atoms with E-state index in [9.17, 15) is 9.59 Å². The molecular weight excluding hydrogens is 394 g/mol. The SMILES string of the molecule is Cc1cccc(C2=C(c3ccc4ncnn4c3)OC3(CCC(=CC(=O)O)CC3)C2=O)c1. The van der Waals surface area contributed by atoms with Gasteiger partial charge in [0.15, 0.2) is 11.2 Å². The molecule has 3 aromatic rings. The van der Waals surface area contributed by atoms with Crippen LogP contribution in [0.15, 0.2) is 60.6 Å². The van der Waals surface area contributed by atoms with Crippen molar-refractivity contribution in [2.45, 2.75) is 38.2 Å². The van der Waals surface area contributed by atoms with Crippen molar-refractivity contribution in [2.24, 2.45) is 0 Å². The molecule has 1 saturated carbocycles. The minimum Gasteiger partial charge on any atom is -0.478 e. The average Bonchev–Trinajstić information content (AvgIpc) is 3.32. The van der Waals surface area contributed by atoms with Crippen molar-refractivity contribution in [3.63, 3.8) is 0 Å². The molecule has 1 aliphatic carbocycles. The molecule has 7 nitrogen and oxygen atoms in total. The van der Waals surface area contributed by atoms with Gasteiger partial charge >= 0.3 is 5.97 Å². The second-order valence-corrected chi connectivity index (χ2v) is 8.12. The third-order valence-electron chi connectivity index (χ3n) is 6.04. The summed E-state index contributed by atoms with van der Waals surface area (Å²) in [6, 6.07) is 11.6. The molecule has 1 aliphatic heterocycles. The number of carbonyl (C=O) groups excluding carboxylic acids is 1. The first kappa shape index (κ1) is 19.2. The van der Waals surface area contributed by atoms with E-state index in [1.165, 1.54) is 12.4 Å². The molecule has 3 heterocycles. The molecule has 31 heavy (non-hydrogen) atoms. The van der Waals surface area contributed by atoms with E-state index in [1.54, 1.807) is 4.52 Å². The van der Waals surface area contributed by atoms with Gasteiger partial charge in [0.25, 0.3) is 0 Å². The summed E-state index contributed by atoms with van der Waals surface area (Å²) in [4.78, 5) is 29.0. The topological polar surface area (TPSA) is 93.8 Å². The number of benzene rings is 1. The zero-order valence-corrected chi connectivity index (χ0v) is 17.0. The van der Waals surface area contributed by atoms with Crippen LogP contribution in [0.25, 0.3) is 17.0 Å². The zero-order valence-electron chi connectivity index (χ0n) is 17.0. The molecule has 2 aromatic heterocycles. The maximum absolute atomic E-state index is 13.8. The molecule has 1 spiro atoms. The highest BCUT2D eigenvalue weighted by atomic mass is 16.5. The molecule has 0 amide bonds. The third kappa shape index (κ3) is 3.32. The van der Waals surface area contributed by atoms with E-state index in [1.807, 2.05) is 49.5 Å². The molecule has 0 bridgehead atoms. The van der Waals surface area contributed by atoms with Crippen LogP contribution in [-0.4, -0.2) is 37.1 Å². The van der Waals surface area contributed by atoms with Gasteiger partial charge in [-0.1, -0.05) is 35.4 Å². The third-order valence-corrected chi connectivity index (χ3v) is 6.04. The number of fused-ring (bicyclic) bond motifs is 1. The lowest BCUT2D eigenvalue weighted by Gasteiger charge is -2.33. The number of aromatic nitrogens is 3. The second kappa shape index (κ2) is 7.19. The summed E-state index contributed by atoms with van der Waals surface area (Å²) in [7, 11) is 0. The second-order valence-electron chi connectivity index (χ2n) is 8.12. The van der Waals surface area contributed by atoms with Gasteiger partial charge < -0.3 is 9.84 Å². The van der Waals surface area contributed by atoms with E-state index in [-0.39, 0.29) is 5.78 Å². The van der Waals surface area contributed by atoms with Crippen LogP contribution in [0.5, 0.6) is 0 Å². The number of ether oxygens (including phenoxy) is 1. The maximum Gasteiger partial charge on any atom is 0.328 e.